The van der Waals surface area contributed by atoms with Crippen LogP contribution in [0.25, 0.3) is 11.1 Å². The van der Waals surface area contributed by atoms with Crippen molar-refractivity contribution in [1.82, 2.24) is 4.90 Å². The minimum absolute atomic E-state index is 0.252. The monoisotopic (exact) mass is 466 g/mol. The number of ether oxygens (including phenoxy) is 1. The SMILES string of the molecule is NC(=O)[C@@]1([C@H]2CCN(C(=O)C3(O)CCC3)C2Cc2cccc(-c3cccc(F)c3)c2)CCCO1. The molecule has 1 aliphatic carbocycles. The molecule has 0 aromatic heterocycles. The molecule has 3 N–H and O–H groups in total. The number of carbonyl (C=O) groups excluding carboxylic acids is 2. The molecule has 2 aromatic rings. The summed E-state index contributed by atoms with van der Waals surface area (Å²) in [7, 11) is 0. The van der Waals surface area contributed by atoms with E-state index in [-0.39, 0.29) is 23.7 Å². The minimum Gasteiger partial charge on any atom is -0.380 e. The second kappa shape index (κ2) is 8.78. The van der Waals surface area contributed by atoms with Crippen LogP contribution in [-0.2, 0) is 20.7 Å². The summed E-state index contributed by atoms with van der Waals surface area (Å²) in [6.07, 6.45) is 4.14. The lowest BCUT2D eigenvalue weighted by atomic mass is 9.76. The lowest BCUT2D eigenvalue weighted by molar-refractivity contribution is -0.164. The standard InChI is InChI=1S/C27H31FN2O4/c28-21-8-2-7-20(17-21)19-6-1-5-18(15-19)16-23-22(27(24(29)31)12-4-14-34-27)9-13-30(23)25(32)26(33)10-3-11-26/h1-2,5-8,15,17,22-23,33H,3-4,9-14,16H2,(H2,29,31)/t22-,23?,27-/m0/s1. The third-order valence-corrected chi connectivity index (χ3v) is 7.98. The van der Waals surface area contributed by atoms with Crippen LogP contribution >= 0.6 is 0 Å². The molecule has 5 rings (SSSR count). The Bertz CT molecular complexity index is 1090. The van der Waals surface area contributed by atoms with E-state index in [0.29, 0.717) is 45.3 Å². The average molecular weight is 467 g/mol. The molecule has 3 aliphatic rings. The van der Waals surface area contributed by atoms with Crippen LogP contribution in [-0.4, -0.2) is 52.2 Å². The van der Waals surface area contributed by atoms with Gasteiger partial charge in [-0.2, -0.15) is 0 Å². The van der Waals surface area contributed by atoms with Crippen molar-refractivity contribution < 1.29 is 23.8 Å². The zero-order valence-corrected chi connectivity index (χ0v) is 19.2. The van der Waals surface area contributed by atoms with Crippen LogP contribution in [0.1, 0.15) is 44.1 Å². The summed E-state index contributed by atoms with van der Waals surface area (Å²) in [6, 6.07) is 13.9. The van der Waals surface area contributed by atoms with Crippen LogP contribution in [0.4, 0.5) is 4.39 Å². The van der Waals surface area contributed by atoms with Crippen molar-refractivity contribution in [3.63, 3.8) is 0 Å². The zero-order valence-electron chi connectivity index (χ0n) is 19.2. The number of aliphatic hydroxyl groups is 1. The molecule has 0 bridgehead atoms. The molecular weight excluding hydrogens is 435 g/mol. The Morgan fingerprint density at radius 1 is 1.09 bits per heavy atom. The number of benzene rings is 2. The van der Waals surface area contributed by atoms with E-state index >= 15 is 0 Å². The molecule has 1 unspecified atom stereocenters. The summed E-state index contributed by atoms with van der Waals surface area (Å²) in [5.41, 5.74) is 6.09. The average Bonchev–Trinajstić information content (AvgIpc) is 3.45. The molecule has 7 heteroatoms. The quantitative estimate of drug-likeness (QED) is 0.684. The number of nitrogens with zero attached hydrogens (tertiary/aromatic N) is 1. The number of hydrogen-bond donors (Lipinski definition) is 2. The van der Waals surface area contributed by atoms with Crippen molar-refractivity contribution in [3.8, 4) is 11.1 Å². The van der Waals surface area contributed by atoms with Gasteiger partial charge in [-0.15, -0.1) is 0 Å². The van der Waals surface area contributed by atoms with Gasteiger partial charge in [0.15, 0.2) is 5.60 Å². The fraction of sp³-hybridized carbons (Fsp3) is 0.481. The molecule has 0 spiro atoms. The van der Waals surface area contributed by atoms with E-state index in [1.165, 1.54) is 12.1 Å². The maximum absolute atomic E-state index is 13.8. The number of hydrogen-bond acceptors (Lipinski definition) is 4. The predicted octanol–water partition coefficient (Wildman–Crippen LogP) is 3.20. The first-order chi connectivity index (χ1) is 16.3. The highest BCUT2D eigenvalue weighted by Gasteiger charge is 2.57. The smallest absolute Gasteiger partial charge is 0.254 e. The molecule has 34 heavy (non-hydrogen) atoms. The van der Waals surface area contributed by atoms with Gasteiger partial charge in [0, 0.05) is 25.1 Å². The Kier molecular flexibility index (Phi) is 5.94. The van der Waals surface area contributed by atoms with Gasteiger partial charge >= 0.3 is 0 Å². The van der Waals surface area contributed by atoms with Crippen LogP contribution < -0.4 is 5.73 Å². The van der Waals surface area contributed by atoms with Gasteiger partial charge < -0.3 is 20.5 Å². The second-order valence-corrected chi connectivity index (χ2v) is 9.97. The molecule has 3 atom stereocenters. The number of rotatable bonds is 6. The normalized spacial score (nSPS) is 28.0. The van der Waals surface area contributed by atoms with E-state index in [9.17, 15) is 19.1 Å². The Labute approximate surface area is 198 Å². The Morgan fingerprint density at radius 3 is 2.44 bits per heavy atom. The number of primary amides is 1. The van der Waals surface area contributed by atoms with Gasteiger partial charge in [-0.05, 0) is 73.8 Å². The topological polar surface area (TPSA) is 92.9 Å². The van der Waals surface area contributed by atoms with Gasteiger partial charge in [0.1, 0.15) is 11.4 Å². The number of likely N-dealkylation sites (tertiary alicyclic amines) is 1. The lowest BCUT2D eigenvalue weighted by Crippen LogP contribution is -2.58. The molecule has 3 fully saturated rings. The largest absolute Gasteiger partial charge is 0.380 e. The number of halogens is 1. The summed E-state index contributed by atoms with van der Waals surface area (Å²) in [5.74, 6) is -1.29. The molecule has 6 nitrogen and oxygen atoms in total. The van der Waals surface area contributed by atoms with Crippen molar-refractivity contribution in [2.75, 3.05) is 13.2 Å². The van der Waals surface area contributed by atoms with Crippen LogP contribution in [0, 0.1) is 11.7 Å². The second-order valence-electron chi connectivity index (χ2n) is 9.97. The van der Waals surface area contributed by atoms with Crippen molar-refractivity contribution in [1.29, 1.82) is 0 Å². The van der Waals surface area contributed by atoms with Gasteiger partial charge in [-0.3, -0.25) is 9.59 Å². The predicted molar refractivity (Wildman–Crippen MR) is 125 cm³/mol. The van der Waals surface area contributed by atoms with Gasteiger partial charge in [-0.25, -0.2) is 4.39 Å². The fourth-order valence-electron chi connectivity index (χ4n) is 6.01. The van der Waals surface area contributed by atoms with E-state index in [2.05, 4.69) is 0 Å². The molecule has 1 saturated carbocycles. The highest BCUT2D eigenvalue weighted by atomic mass is 19.1. The Hall–Kier alpha value is -2.77. The first-order valence-corrected chi connectivity index (χ1v) is 12.1. The first kappa shape index (κ1) is 23.0. The van der Waals surface area contributed by atoms with E-state index in [1.807, 2.05) is 30.3 Å². The van der Waals surface area contributed by atoms with Gasteiger partial charge in [0.25, 0.3) is 5.91 Å². The Morgan fingerprint density at radius 2 is 1.82 bits per heavy atom. The molecule has 2 saturated heterocycles. The molecule has 2 aromatic carbocycles. The van der Waals surface area contributed by atoms with Crippen LogP contribution in [0.5, 0.6) is 0 Å². The summed E-state index contributed by atoms with van der Waals surface area (Å²) < 4.78 is 19.8. The van der Waals surface area contributed by atoms with E-state index < -0.39 is 17.1 Å². The third-order valence-electron chi connectivity index (χ3n) is 7.98. The van der Waals surface area contributed by atoms with Crippen LogP contribution in [0.15, 0.2) is 48.5 Å². The highest BCUT2D eigenvalue weighted by molar-refractivity contribution is 5.88. The number of nitrogens with two attached hydrogens (primary N) is 1. The summed E-state index contributed by atoms with van der Waals surface area (Å²) in [5, 5.41) is 10.8. The molecule has 2 heterocycles. The molecule has 0 radical (unpaired) electrons. The van der Waals surface area contributed by atoms with Crippen molar-refractivity contribution in [2.24, 2.45) is 11.7 Å². The lowest BCUT2D eigenvalue weighted by Gasteiger charge is -2.42. The van der Waals surface area contributed by atoms with Crippen LogP contribution in [0.2, 0.25) is 0 Å². The molecule has 2 aliphatic heterocycles. The first-order valence-electron chi connectivity index (χ1n) is 12.1. The summed E-state index contributed by atoms with van der Waals surface area (Å²) in [6.45, 7) is 0.928. The molecular formula is C27H31FN2O4. The van der Waals surface area contributed by atoms with E-state index in [1.54, 1.807) is 11.0 Å². The van der Waals surface area contributed by atoms with Crippen molar-refractivity contribution in [3.05, 3.63) is 59.9 Å². The minimum atomic E-state index is -1.31. The Balaban J connectivity index is 1.48. The van der Waals surface area contributed by atoms with Gasteiger partial charge in [0.05, 0.1) is 0 Å². The zero-order chi connectivity index (χ0) is 23.9. The van der Waals surface area contributed by atoms with Crippen molar-refractivity contribution in [2.45, 2.75) is 62.2 Å². The highest BCUT2D eigenvalue weighted by Crippen LogP contribution is 2.45. The fourth-order valence-corrected chi connectivity index (χ4v) is 6.01. The summed E-state index contributed by atoms with van der Waals surface area (Å²) in [4.78, 5) is 27.8. The summed E-state index contributed by atoms with van der Waals surface area (Å²) >= 11 is 0. The maximum atomic E-state index is 13.8. The maximum Gasteiger partial charge on any atom is 0.254 e. The van der Waals surface area contributed by atoms with E-state index in [4.69, 9.17) is 10.5 Å². The van der Waals surface area contributed by atoms with Gasteiger partial charge in [-0.1, -0.05) is 36.4 Å². The van der Waals surface area contributed by atoms with E-state index in [0.717, 1.165) is 29.5 Å². The number of amides is 2. The number of carbonyl (C=O) groups is 2. The van der Waals surface area contributed by atoms with Crippen molar-refractivity contribution >= 4 is 11.8 Å². The van der Waals surface area contributed by atoms with Gasteiger partial charge in [0.2, 0.25) is 5.91 Å². The van der Waals surface area contributed by atoms with Crippen LogP contribution in [0.3, 0.4) is 0 Å². The third kappa shape index (κ3) is 3.91. The molecule has 180 valence electrons. The molecule has 2 amide bonds.